The maximum atomic E-state index is 2.36. The topological polar surface area (TPSA) is 0 Å². The second-order valence-corrected chi connectivity index (χ2v) is 12.2. The third kappa shape index (κ3) is 3.15. The highest BCUT2D eigenvalue weighted by Crippen LogP contribution is 2.59. The molecule has 0 unspecified atom stereocenters. The third-order valence-electron chi connectivity index (χ3n) is 9.16. The molecule has 7 aromatic carbocycles. The van der Waals surface area contributed by atoms with Crippen molar-refractivity contribution < 1.29 is 0 Å². The Balaban J connectivity index is 1.38. The number of benzene rings is 7. The molecular weight excluding hydrogens is 525 g/mol. The van der Waals surface area contributed by atoms with E-state index in [1.54, 1.807) is 0 Å². The minimum atomic E-state index is -0.439. The molecule has 0 saturated carbocycles. The normalized spacial score (nSPS) is 13.8. The van der Waals surface area contributed by atoms with Crippen LogP contribution in [0.3, 0.4) is 0 Å². The van der Waals surface area contributed by atoms with Crippen molar-refractivity contribution in [2.45, 2.75) is 15.2 Å². The first kappa shape index (κ1) is 23.8. The molecule has 1 heteroatoms. The fraction of sp³-hybridized carbons (Fsp3) is 0.0244. The zero-order valence-corrected chi connectivity index (χ0v) is 23.7. The van der Waals surface area contributed by atoms with E-state index in [9.17, 15) is 0 Å². The summed E-state index contributed by atoms with van der Waals surface area (Å²) in [4.78, 5) is 2.66. The molecule has 1 heterocycles. The van der Waals surface area contributed by atoms with Crippen LogP contribution in [0.2, 0.25) is 0 Å². The van der Waals surface area contributed by atoms with Crippen molar-refractivity contribution in [2.24, 2.45) is 0 Å². The van der Waals surface area contributed by atoms with Crippen molar-refractivity contribution in [1.82, 2.24) is 0 Å². The molecule has 0 radical (unpaired) electrons. The molecule has 7 aromatic rings. The monoisotopic (exact) mass is 550 g/mol. The van der Waals surface area contributed by atoms with E-state index in [2.05, 4.69) is 158 Å². The van der Waals surface area contributed by atoms with Crippen LogP contribution in [0.15, 0.2) is 168 Å². The smallest absolute Gasteiger partial charge is 0.0719 e. The van der Waals surface area contributed by atoms with Gasteiger partial charge < -0.3 is 0 Å². The second-order valence-electron chi connectivity index (χ2n) is 11.2. The molecule has 0 spiro atoms. The van der Waals surface area contributed by atoms with E-state index in [1.807, 2.05) is 11.8 Å². The first-order valence-electron chi connectivity index (χ1n) is 14.5. The van der Waals surface area contributed by atoms with E-state index in [1.165, 1.54) is 76.2 Å². The average molecular weight is 551 g/mol. The Bertz CT molecular complexity index is 2120. The van der Waals surface area contributed by atoms with Crippen LogP contribution in [0.4, 0.5) is 0 Å². The van der Waals surface area contributed by atoms with Crippen LogP contribution >= 0.6 is 11.8 Å². The van der Waals surface area contributed by atoms with Gasteiger partial charge in [-0.25, -0.2) is 0 Å². The summed E-state index contributed by atoms with van der Waals surface area (Å²) < 4.78 is 0. The standard InChI is InChI=1S/C41H26S/c1-2-15-28(16-3-1)41(35-23-7-4-17-29(35)30-18-5-8-24-36(30)41)37-25-9-6-19-31(37)33-21-12-22-34-32-20-10-13-27-14-11-26-38(39(27)32)42-40(33)34/h1-26H. The van der Waals surface area contributed by atoms with E-state index >= 15 is 0 Å². The van der Waals surface area contributed by atoms with E-state index in [0.29, 0.717) is 0 Å². The van der Waals surface area contributed by atoms with Crippen molar-refractivity contribution in [2.75, 3.05) is 0 Å². The van der Waals surface area contributed by atoms with Crippen LogP contribution in [-0.4, -0.2) is 0 Å². The summed E-state index contributed by atoms with van der Waals surface area (Å²) in [7, 11) is 0. The Morgan fingerprint density at radius 3 is 1.45 bits per heavy atom. The second kappa shape index (κ2) is 9.08. The number of hydrogen-bond acceptors (Lipinski definition) is 1. The fourth-order valence-electron chi connectivity index (χ4n) is 7.52. The van der Waals surface area contributed by atoms with Crippen molar-refractivity contribution in [3.8, 4) is 33.4 Å². The predicted octanol–water partition coefficient (Wildman–Crippen LogP) is 11.0. The predicted molar refractivity (Wildman–Crippen MR) is 176 cm³/mol. The average Bonchev–Trinajstić information content (AvgIpc) is 3.36. The minimum absolute atomic E-state index is 0.439. The van der Waals surface area contributed by atoms with Gasteiger partial charge in [0, 0.05) is 15.2 Å². The largest absolute Gasteiger partial charge is 0.0881 e. The molecule has 0 fully saturated rings. The summed E-state index contributed by atoms with van der Waals surface area (Å²) in [5.41, 5.74) is 12.7. The Kier molecular flexibility index (Phi) is 5.15. The first-order valence-corrected chi connectivity index (χ1v) is 15.3. The molecule has 1 aliphatic heterocycles. The molecule has 1 aliphatic carbocycles. The molecule has 196 valence electrons. The van der Waals surface area contributed by atoms with Crippen LogP contribution in [0.1, 0.15) is 22.3 Å². The van der Waals surface area contributed by atoms with Gasteiger partial charge in [0.25, 0.3) is 0 Å². The van der Waals surface area contributed by atoms with Gasteiger partial charge >= 0.3 is 0 Å². The van der Waals surface area contributed by atoms with Gasteiger partial charge in [-0.3, -0.25) is 0 Å². The van der Waals surface area contributed by atoms with Gasteiger partial charge in [0.05, 0.1) is 5.41 Å². The highest BCUT2D eigenvalue weighted by molar-refractivity contribution is 8.00. The summed E-state index contributed by atoms with van der Waals surface area (Å²) in [5.74, 6) is 0. The van der Waals surface area contributed by atoms with Crippen LogP contribution in [0, 0.1) is 0 Å². The minimum Gasteiger partial charge on any atom is -0.0881 e. The first-order chi connectivity index (χ1) is 20.9. The maximum Gasteiger partial charge on any atom is 0.0719 e. The molecule has 0 N–H and O–H groups in total. The van der Waals surface area contributed by atoms with Crippen molar-refractivity contribution in [3.05, 3.63) is 180 Å². The summed E-state index contributed by atoms with van der Waals surface area (Å²) >= 11 is 1.91. The maximum absolute atomic E-state index is 2.36. The molecule has 0 aromatic heterocycles. The van der Waals surface area contributed by atoms with Crippen molar-refractivity contribution in [3.63, 3.8) is 0 Å². The van der Waals surface area contributed by atoms with E-state index in [4.69, 9.17) is 0 Å². The Labute approximate surface area is 250 Å². The summed E-state index contributed by atoms with van der Waals surface area (Å²) in [6, 6.07) is 58.5. The Hall–Kier alpha value is -4.85. The lowest BCUT2D eigenvalue weighted by atomic mass is 9.66. The van der Waals surface area contributed by atoms with Crippen molar-refractivity contribution in [1.29, 1.82) is 0 Å². The molecule has 42 heavy (non-hydrogen) atoms. The molecule has 0 saturated heterocycles. The molecule has 0 nitrogen and oxygen atoms in total. The van der Waals surface area contributed by atoms with Crippen LogP contribution in [-0.2, 0) is 5.41 Å². The lowest BCUT2D eigenvalue weighted by Gasteiger charge is -2.36. The van der Waals surface area contributed by atoms with Gasteiger partial charge in [-0.2, -0.15) is 0 Å². The highest BCUT2D eigenvalue weighted by atomic mass is 32.2. The lowest BCUT2D eigenvalue weighted by molar-refractivity contribution is 0.770. The molecule has 9 rings (SSSR count). The zero-order chi connectivity index (χ0) is 27.7. The highest BCUT2D eigenvalue weighted by Gasteiger charge is 2.47. The van der Waals surface area contributed by atoms with E-state index in [-0.39, 0.29) is 0 Å². The van der Waals surface area contributed by atoms with Gasteiger partial charge in [-0.05, 0) is 67.1 Å². The van der Waals surface area contributed by atoms with Crippen LogP contribution < -0.4 is 0 Å². The number of rotatable bonds is 3. The quantitative estimate of drug-likeness (QED) is 0.211. The molecule has 0 atom stereocenters. The number of fused-ring (bicyclic) bond motifs is 5. The van der Waals surface area contributed by atoms with Crippen LogP contribution in [0.25, 0.3) is 44.2 Å². The Morgan fingerprint density at radius 1 is 0.357 bits per heavy atom. The van der Waals surface area contributed by atoms with Gasteiger partial charge in [-0.1, -0.05) is 163 Å². The van der Waals surface area contributed by atoms with Crippen LogP contribution in [0.5, 0.6) is 0 Å². The summed E-state index contributed by atoms with van der Waals surface area (Å²) in [6.45, 7) is 0. The van der Waals surface area contributed by atoms with Gasteiger partial charge in [0.2, 0.25) is 0 Å². The Morgan fingerprint density at radius 2 is 0.810 bits per heavy atom. The lowest BCUT2D eigenvalue weighted by Crippen LogP contribution is -2.29. The molecular formula is C41H26S. The summed E-state index contributed by atoms with van der Waals surface area (Å²) in [5, 5.41) is 2.67. The molecule has 2 aliphatic rings. The molecule has 0 bridgehead atoms. The zero-order valence-electron chi connectivity index (χ0n) is 22.9. The third-order valence-corrected chi connectivity index (χ3v) is 10.4. The van der Waals surface area contributed by atoms with Gasteiger partial charge in [0.15, 0.2) is 0 Å². The SMILES string of the molecule is c1ccc(C2(c3ccccc3-c3cccc4c3Sc3cccc5cccc-4c35)c3ccccc3-c3ccccc32)cc1. The summed E-state index contributed by atoms with van der Waals surface area (Å²) in [6.07, 6.45) is 0. The van der Waals surface area contributed by atoms with E-state index in [0.717, 1.165) is 0 Å². The number of hydrogen-bond donors (Lipinski definition) is 0. The van der Waals surface area contributed by atoms with E-state index < -0.39 is 5.41 Å². The fourth-order valence-corrected chi connectivity index (χ4v) is 8.79. The van der Waals surface area contributed by atoms with Crippen molar-refractivity contribution >= 4 is 22.5 Å². The van der Waals surface area contributed by atoms with Gasteiger partial charge in [-0.15, -0.1) is 0 Å². The molecule has 0 amide bonds. The van der Waals surface area contributed by atoms with Gasteiger partial charge in [0.1, 0.15) is 0 Å².